The Hall–Kier alpha value is -3.50. The molecule has 0 atom stereocenters. The highest BCUT2D eigenvalue weighted by atomic mass is 32.1. The summed E-state index contributed by atoms with van der Waals surface area (Å²) in [5.41, 5.74) is 1.41. The van der Waals surface area contributed by atoms with Crippen LogP contribution < -0.4 is 0 Å². The van der Waals surface area contributed by atoms with Crippen molar-refractivity contribution in [1.29, 1.82) is 5.26 Å². The van der Waals surface area contributed by atoms with Crippen LogP contribution >= 0.6 is 11.3 Å². The average molecular weight is 538 g/mol. The maximum Gasteiger partial charge on any atom is 0.490 e. The molecule has 4 rings (SSSR count). The van der Waals surface area contributed by atoms with E-state index in [1.165, 1.54) is 0 Å². The van der Waals surface area contributed by atoms with Crippen LogP contribution in [0.2, 0.25) is 0 Å². The molecule has 0 unspecified atom stereocenters. The molecule has 37 heavy (non-hydrogen) atoms. The second-order valence-corrected chi connectivity index (χ2v) is 9.89. The molecule has 0 saturated carbocycles. The van der Waals surface area contributed by atoms with E-state index in [0.717, 1.165) is 17.2 Å². The fourth-order valence-electron chi connectivity index (χ4n) is 4.50. The van der Waals surface area contributed by atoms with Gasteiger partial charge >= 0.3 is 12.1 Å². The molecular weight excluding hydrogens is 511 g/mol. The molecule has 13 heteroatoms. The van der Waals surface area contributed by atoms with Crippen LogP contribution in [0, 0.1) is 18.3 Å². The molecule has 2 aromatic rings. The van der Waals surface area contributed by atoms with Gasteiger partial charge in [-0.15, -0.1) is 11.3 Å². The number of aliphatic carboxylic acids is 1. The Bertz CT molecular complexity index is 1200. The van der Waals surface area contributed by atoms with Gasteiger partial charge in [-0.2, -0.15) is 18.4 Å². The first-order chi connectivity index (χ1) is 17.4. The number of aromatic nitrogens is 1. The number of aryl methyl sites for hydroxylation is 1. The molecule has 2 fully saturated rings. The van der Waals surface area contributed by atoms with E-state index in [1.807, 2.05) is 18.9 Å². The van der Waals surface area contributed by atoms with Gasteiger partial charge in [0.25, 0.3) is 5.91 Å². The van der Waals surface area contributed by atoms with Crippen LogP contribution in [0.3, 0.4) is 0 Å². The van der Waals surface area contributed by atoms with Gasteiger partial charge in [0.2, 0.25) is 5.91 Å². The minimum Gasteiger partial charge on any atom is -0.475 e. The molecular formula is C24H26F3N5O4S. The van der Waals surface area contributed by atoms with Gasteiger partial charge in [0.05, 0.1) is 22.3 Å². The fourth-order valence-corrected chi connectivity index (χ4v) is 5.10. The summed E-state index contributed by atoms with van der Waals surface area (Å²) in [6.45, 7) is 5.18. The first-order valence-corrected chi connectivity index (χ1v) is 12.3. The number of hydrogen-bond acceptors (Lipinski definition) is 7. The highest BCUT2D eigenvalue weighted by Crippen LogP contribution is 2.35. The lowest BCUT2D eigenvalue weighted by molar-refractivity contribution is -0.192. The molecule has 1 aromatic heterocycles. The Balaban J connectivity index is 0.000000479. The van der Waals surface area contributed by atoms with Crippen LogP contribution in [0.25, 0.3) is 0 Å². The number of rotatable bonds is 3. The average Bonchev–Trinajstić information content (AvgIpc) is 3.29. The molecule has 2 amide bonds. The van der Waals surface area contributed by atoms with Gasteiger partial charge < -0.3 is 14.9 Å². The molecule has 2 aliphatic heterocycles. The standard InChI is InChI=1S/C22H25N5O2S.C2HF3O2/c1-16-24-19(15-30-16)14-27-11-10-25(2)21(29)22(27)6-8-26(9-7-22)20(28)18-5-3-4-17(12-18)13-23;3-2(4,5)1(6)7/h3-5,12,15H,6-11,14H2,1-2H3;(H,6,7). The monoisotopic (exact) mass is 537 g/mol. The van der Waals surface area contributed by atoms with E-state index < -0.39 is 17.7 Å². The number of halogens is 3. The first-order valence-electron chi connectivity index (χ1n) is 11.4. The number of benzene rings is 1. The van der Waals surface area contributed by atoms with Gasteiger partial charge in [0, 0.05) is 50.7 Å². The number of carboxylic acid groups (broad SMARTS) is 1. The SMILES string of the molecule is Cc1nc(CN2CCN(C)C(=O)C23CCN(C(=O)c2cccc(C#N)c2)CC3)cs1.O=C(O)C(F)(F)F. The van der Waals surface area contributed by atoms with Gasteiger partial charge in [0.1, 0.15) is 5.54 Å². The Labute approximate surface area is 215 Å². The van der Waals surface area contributed by atoms with E-state index in [2.05, 4.69) is 21.3 Å². The second-order valence-electron chi connectivity index (χ2n) is 8.83. The molecule has 0 bridgehead atoms. The number of hydrogen-bond donors (Lipinski definition) is 1. The molecule has 1 aromatic carbocycles. The molecule has 0 aliphatic carbocycles. The fraction of sp³-hybridized carbons (Fsp3) is 0.458. The Morgan fingerprint density at radius 2 is 1.86 bits per heavy atom. The lowest BCUT2D eigenvalue weighted by Crippen LogP contribution is -2.68. The lowest BCUT2D eigenvalue weighted by Gasteiger charge is -2.52. The van der Waals surface area contributed by atoms with Crippen LogP contribution in [0.1, 0.15) is 39.5 Å². The summed E-state index contributed by atoms with van der Waals surface area (Å²) >= 11 is 1.63. The lowest BCUT2D eigenvalue weighted by atomic mass is 9.82. The van der Waals surface area contributed by atoms with Crippen LogP contribution in [0.5, 0.6) is 0 Å². The van der Waals surface area contributed by atoms with Crippen molar-refractivity contribution < 1.29 is 32.7 Å². The van der Waals surface area contributed by atoms with Crippen molar-refractivity contribution in [1.82, 2.24) is 19.7 Å². The van der Waals surface area contributed by atoms with Crippen LogP contribution in [-0.4, -0.2) is 87.5 Å². The van der Waals surface area contributed by atoms with E-state index in [4.69, 9.17) is 15.2 Å². The largest absolute Gasteiger partial charge is 0.490 e. The zero-order chi connectivity index (χ0) is 27.4. The minimum absolute atomic E-state index is 0.0831. The number of piperazine rings is 1. The van der Waals surface area contributed by atoms with Crippen LogP contribution in [0.4, 0.5) is 13.2 Å². The summed E-state index contributed by atoms with van der Waals surface area (Å²) in [7, 11) is 1.86. The molecule has 2 saturated heterocycles. The van der Waals surface area contributed by atoms with E-state index in [0.29, 0.717) is 50.1 Å². The molecule has 1 spiro atoms. The number of nitriles is 1. The Kier molecular flexibility index (Phi) is 8.55. The quantitative estimate of drug-likeness (QED) is 0.640. The van der Waals surface area contributed by atoms with Crippen LogP contribution in [-0.2, 0) is 16.1 Å². The summed E-state index contributed by atoms with van der Waals surface area (Å²) < 4.78 is 31.7. The maximum atomic E-state index is 13.3. The predicted molar refractivity (Wildman–Crippen MR) is 128 cm³/mol. The molecule has 2 aliphatic rings. The zero-order valence-electron chi connectivity index (χ0n) is 20.3. The third-order valence-corrected chi connectivity index (χ3v) is 7.26. The third kappa shape index (κ3) is 6.44. The van der Waals surface area contributed by atoms with Crippen molar-refractivity contribution in [3.8, 4) is 6.07 Å². The van der Waals surface area contributed by atoms with E-state index >= 15 is 0 Å². The highest BCUT2D eigenvalue weighted by molar-refractivity contribution is 7.09. The van der Waals surface area contributed by atoms with Crippen molar-refractivity contribution >= 4 is 29.1 Å². The molecule has 3 heterocycles. The number of alkyl halides is 3. The highest BCUT2D eigenvalue weighted by Gasteiger charge is 2.50. The van der Waals surface area contributed by atoms with Gasteiger partial charge in [0.15, 0.2) is 0 Å². The van der Waals surface area contributed by atoms with Crippen molar-refractivity contribution in [2.24, 2.45) is 0 Å². The minimum atomic E-state index is -5.08. The first kappa shape index (κ1) is 28.1. The maximum absolute atomic E-state index is 13.3. The van der Waals surface area contributed by atoms with Crippen molar-refractivity contribution in [2.45, 2.75) is 38.0 Å². The van der Waals surface area contributed by atoms with Crippen molar-refractivity contribution in [2.75, 3.05) is 33.2 Å². The van der Waals surface area contributed by atoms with Gasteiger partial charge in [-0.25, -0.2) is 9.78 Å². The van der Waals surface area contributed by atoms with Gasteiger partial charge in [-0.3, -0.25) is 14.5 Å². The molecule has 198 valence electrons. The third-order valence-electron chi connectivity index (χ3n) is 6.43. The van der Waals surface area contributed by atoms with Gasteiger partial charge in [-0.1, -0.05) is 6.07 Å². The van der Waals surface area contributed by atoms with E-state index in [9.17, 15) is 22.8 Å². The van der Waals surface area contributed by atoms with Crippen molar-refractivity contribution in [3.05, 3.63) is 51.5 Å². The number of thiazole rings is 1. The second kappa shape index (κ2) is 11.3. The van der Waals surface area contributed by atoms with Crippen LogP contribution in [0.15, 0.2) is 29.6 Å². The number of likely N-dealkylation sites (N-methyl/N-ethyl adjacent to an activating group) is 1. The summed E-state index contributed by atoms with van der Waals surface area (Å²) in [5, 5.41) is 19.3. The summed E-state index contributed by atoms with van der Waals surface area (Å²) in [4.78, 5) is 45.6. The normalized spacial score (nSPS) is 17.7. The number of carbonyl (C=O) groups excluding carboxylic acids is 2. The number of carbonyl (C=O) groups is 3. The smallest absolute Gasteiger partial charge is 0.475 e. The number of amides is 2. The molecule has 0 radical (unpaired) electrons. The Morgan fingerprint density at radius 3 is 2.41 bits per heavy atom. The van der Waals surface area contributed by atoms with Crippen molar-refractivity contribution in [3.63, 3.8) is 0 Å². The van der Waals surface area contributed by atoms with E-state index in [1.54, 1.807) is 40.5 Å². The summed E-state index contributed by atoms with van der Waals surface area (Å²) in [5.74, 6) is -2.70. The summed E-state index contributed by atoms with van der Waals surface area (Å²) in [6.07, 6.45) is -3.88. The zero-order valence-corrected chi connectivity index (χ0v) is 21.1. The summed E-state index contributed by atoms with van der Waals surface area (Å²) in [6, 6.07) is 8.87. The Morgan fingerprint density at radius 1 is 1.22 bits per heavy atom. The number of piperidine rings is 1. The van der Waals surface area contributed by atoms with E-state index in [-0.39, 0.29) is 11.8 Å². The van der Waals surface area contributed by atoms with Gasteiger partial charge in [-0.05, 0) is 38.0 Å². The number of nitrogens with zero attached hydrogens (tertiary/aromatic N) is 5. The topological polar surface area (TPSA) is 118 Å². The predicted octanol–water partition coefficient (Wildman–Crippen LogP) is 2.91. The number of likely N-dealkylation sites (tertiary alicyclic amines) is 1. The number of carboxylic acids is 1. The molecule has 9 nitrogen and oxygen atoms in total. The molecule has 1 N–H and O–H groups in total.